The van der Waals surface area contributed by atoms with Crippen LogP contribution in [0.15, 0.2) is 17.7 Å². The predicted molar refractivity (Wildman–Crippen MR) is 77.0 cm³/mol. The molecule has 1 saturated heterocycles. The molecule has 4 heteroatoms. The highest BCUT2D eigenvalue weighted by Crippen LogP contribution is 2.24. The van der Waals surface area contributed by atoms with Crippen LogP contribution in [-0.2, 0) is 4.79 Å². The molecule has 0 saturated carbocycles. The number of hydrogen-bond acceptors (Lipinski definition) is 3. The summed E-state index contributed by atoms with van der Waals surface area (Å²) in [5.41, 5.74) is 2.39. The topological polar surface area (TPSA) is 64.3 Å². The number of nitrogens with zero attached hydrogens (tertiary/aromatic N) is 2. The van der Waals surface area contributed by atoms with Gasteiger partial charge in [0.1, 0.15) is 17.4 Å². The first-order valence-electron chi connectivity index (χ1n) is 6.74. The fraction of sp³-hybridized carbons (Fsp3) is 0.375. The summed E-state index contributed by atoms with van der Waals surface area (Å²) in [7, 11) is 0. The lowest BCUT2D eigenvalue weighted by Crippen LogP contribution is -2.28. The number of phenols is 1. The first kappa shape index (κ1) is 14.1. The smallest absolute Gasteiger partial charge is 0.264 e. The quantitative estimate of drug-likeness (QED) is 0.663. The zero-order valence-electron chi connectivity index (χ0n) is 11.8. The van der Waals surface area contributed by atoms with Crippen molar-refractivity contribution in [3.8, 4) is 11.8 Å². The van der Waals surface area contributed by atoms with E-state index in [0.29, 0.717) is 0 Å². The lowest BCUT2D eigenvalue weighted by Gasteiger charge is -2.14. The van der Waals surface area contributed by atoms with E-state index in [2.05, 4.69) is 0 Å². The Morgan fingerprint density at radius 2 is 1.85 bits per heavy atom. The molecule has 2 rings (SSSR count). The van der Waals surface area contributed by atoms with Crippen LogP contribution in [0.5, 0.6) is 5.75 Å². The molecule has 1 fully saturated rings. The van der Waals surface area contributed by atoms with E-state index in [9.17, 15) is 15.2 Å². The molecule has 0 radical (unpaired) electrons. The maximum Gasteiger partial charge on any atom is 0.264 e. The third-order valence-electron chi connectivity index (χ3n) is 3.57. The summed E-state index contributed by atoms with van der Waals surface area (Å²) in [6.45, 7) is 5.05. The molecule has 4 nitrogen and oxygen atoms in total. The molecule has 0 spiro atoms. The van der Waals surface area contributed by atoms with Gasteiger partial charge in [0.15, 0.2) is 0 Å². The van der Waals surface area contributed by atoms with Gasteiger partial charge in [0.05, 0.1) is 0 Å². The van der Waals surface area contributed by atoms with Gasteiger partial charge in [0, 0.05) is 13.1 Å². The Labute approximate surface area is 118 Å². The summed E-state index contributed by atoms with van der Waals surface area (Å²) >= 11 is 0. The van der Waals surface area contributed by atoms with E-state index in [-0.39, 0.29) is 17.2 Å². The maximum atomic E-state index is 12.2. The van der Waals surface area contributed by atoms with Crippen molar-refractivity contribution >= 4 is 12.0 Å². The van der Waals surface area contributed by atoms with Crippen molar-refractivity contribution in [3.63, 3.8) is 0 Å². The molecule has 1 amide bonds. The standard InChI is InChI=1S/C16H18N2O2/c1-11-7-13(8-12(2)15(11)19)9-14(10-17)16(20)18-5-3-4-6-18/h7-9,19H,3-6H2,1-2H3/b14-9-. The Morgan fingerprint density at radius 3 is 2.35 bits per heavy atom. The number of carbonyl (C=O) groups excluding carboxylic acids is 1. The Balaban J connectivity index is 2.31. The van der Waals surface area contributed by atoms with Gasteiger partial charge in [-0.3, -0.25) is 4.79 Å². The highest BCUT2D eigenvalue weighted by Gasteiger charge is 2.21. The van der Waals surface area contributed by atoms with E-state index in [1.807, 2.05) is 6.07 Å². The number of nitriles is 1. The van der Waals surface area contributed by atoms with Crippen molar-refractivity contribution in [2.45, 2.75) is 26.7 Å². The van der Waals surface area contributed by atoms with Gasteiger partial charge in [0.25, 0.3) is 5.91 Å². The van der Waals surface area contributed by atoms with E-state index < -0.39 is 0 Å². The van der Waals surface area contributed by atoms with Gasteiger partial charge < -0.3 is 10.0 Å². The van der Waals surface area contributed by atoms with Crippen LogP contribution in [0.1, 0.15) is 29.5 Å². The van der Waals surface area contributed by atoms with E-state index in [0.717, 1.165) is 42.6 Å². The number of amides is 1. The summed E-state index contributed by atoms with van der Waals surface area (Å²) in [6.07, 6.45) is 3.60. The second-order valence-electron chi connectivity index (χ2n) is 5.17. The van der Waals surface area contributed by atoms with Crippen molar-refractivity contribution in [3.05, 3.63) is 34.4 Å². The lowest BCUT2D eigenvalue weighted by atomic mass is 10.0. The number of likely N-dealkylation sites (tertiary alicyclic amines) is 1. The van der Waals surface area contributed by atoms with Crippen LogP contribution in [0.4, 0.5) is 0 Å². The summed E-state index contributed by atoms with van der Waals surface area (Å²) in [6, 6.07) is 5.54. The minimum absolute atomic E-state index is 0.149. The predicted octanol–water partition coefficient (Wildman–Crippen LogP) is 2.54. The summed E-state index contributed by atoms with van der Waals surface area (Å²) in [4.78, 5) is 13.9. The molecule has 1 aromatic rings. The first-order chi connectivity index (χ1) is 9.52. The second kappa shape index (κ2) is 5.79. The summed E-state index contributed by atoms with van der Waals surface area (Å²) in [5.74, 6) is 0.0555. The maximum absolute atomic E-state index is 12.2. The Hall–Kier alpha value is -2.28. The molecule has 0 atom stereocenters. The molecule has 0 bridgehead atoms. The minimum Gasteiger partial charge on any atom is -0.507 e. The monoisotopic (exact) mass is 270 g/mol. The third-order valence-corrected chi connectivity index (χ3v) is 3.57. The number of benzene rings is 1. The van der Waals surface area contributed by atoms with Crippen molar-refractivity contribution in [2.75, 3.05) is 13.1 Å². The van der Waals surface area contributed by atoms with Crippen LogP contribution in [0.2, 0.25) is 0 Å². The van der Waals surface area contributed by atoms with Gasteiger partial charge in [-0.15, -0.1) is 0 Å². The first-order valence-corrected chi connectivity index (χ1v) is 6.74. The number of aromatic hydroxyl groups is 1. The Bertz CT molecular complexity index is 582. The molecule has 104 valence electrons. The van der Waals surface area contributed by atoms with E-state index in [1.165, 1.54) is 0 Å². The van der Waals surface area contributed by atoms with Gasteiger partial charge in [-0.1, -0.05) is 0 Å². The van der Waals surface area contributed by atoms with Crippen LogP contribution in [0.3, 0.4) is 0 Å². The van der Waals surface area contributed by atoms with Gasteiger partial charge in [-0.2, -0.15) is 5.26 Å². The molecule has 20 heavy (non-hydrogen) atoms. The molecular formula is C16H18N2O2. The molecule has 1 heterocycles. The molecule has 0 aliphatic carbocycles. The highest BCUT2D eigenvalue weighted by molar-refractivity contribution is 6.01. The molecule has 0 unspecified atom stereocenters. The average molecular weight is 270 g/mol. The van der Waals surface area contributed by atoms with Crippen molar-refractivity contribution < 1.29 is 9.90 Å². The second-order valence-corrected chi connectivity index (χ2v) is 5.17. The fourth-order valence-corrected chi connectivity index (χ4v) is 2.47. The highest BCUT2D eigenvalue weighted by atomic mass is 16.3. The molecule has 1 aliphatic rings. The SMILES string of the molecule is Cc1cc(/C=C(/C#N)C(=O)N2CCCC2)cc(C)c1O. The van der Waals surface area contributed by atoms with E-state index in [4.69, 9.17) is 0 Å². The van der Waals surface area contributed by atoms with Crippen LogP contribution in [-0.4, -0.2) is 29.0 Å². The summed E-state index contributed by atoms with van der Waals surface area (Å²) in [5, 5.41) is 18.9. The molecule has 1 N–H and O–H groups in total. The number of phenolic OH excluding ortho intramolecular Hbond substituents is 1. The van der Waals surface area contributed by atoms with Crippen molar-refractivity contribution in [1.82, 2.24) is 4.90 Å². The zero-order valence-corrected chi connectivity index (χ0v) is 11.8. The molecule has 1 aromatic carbocycles. The van der Waals surface area contributed by atoms with Gasteiger partial charge in [-0.05, 0) is 61.6 Å². The van der Waals surface area contributed by atoms with Crippen molar-refractivity contribution in [1.29, 1.82) is 5.26 Å². The van der Waals surface area contributed by atoms with Crippen LogP contribution in [0, 0.1) is 25.2 Å². The van der Waals surface area contributed by atoms with Crippen LogP contribution >= 0.6 is 0 Å². The third kappa shape index (κ3) is 2.83. The molecular weight excluding hydrogens is 252 g/mol. The van der Waals surface area contributed by atoms with Gasteiger partial charge >= 0.3 is 0 Å². The fourth-order valence-electron chi connectivity index (χ4n) is 2.47. The minimum atomic E-state index is -0.201. The number of carbonyl (C=O) groups is 1. The summed E-state index contributed by atoms with van der Waals surface area (Å²) < 4.78 is 0. The average Bonchev–Trinajstić information content (AvgIpc) is 2.95. The number of aryl methyl sites for hydroxylation is 2. The molecule has 1 aliphatic heterocycles. The van der Waals surface area contributed by atoms with Gasteiger partial charge in [0.2, 0.25) is 0 Å². The lowest BCUT2D eigenvalue weighted by molar-refractivity contribution is -0.125. The van der Waals surface area contributed by atoms with E-state index in [1.54, 1.807) is 37.0 Å². The largest absolute Gasteiger partial charge is 0.507 e. The van der Waals surface area contributed by atoms with Crippen LogP contribution < -0.4 is 0 Å². The van der Waals surface area contributed by atoms with Crippen molar-refractivity contribution in [2.24, 2.45) is 0 Å². The normalized spacial score (nSPS) is 15.2. The number of hydrogen-bond donors (Lipinski definition) is 1. The van der Waals surface area contributed by atoms with Gasteiger partial charge in [-0.25, -0.2) is 0 Å². The number of rotatable bonds is 2. The molecule has 0 aromatic heterocycles. The zero-order chi connectivity index (χ0) is 14.7. The van der Waals surface area contributed by atoms with Crippen LogP contribution in [0.25, 0.3) is 6.08 Å². The Morgan fingerprint density at radius 1 is 1.30 bits per heavy atom. The van der Waals surface area contributed by atoms with E-state index >= 15 is 0 Å². The Kier molecular flexibility index (Phi) is 4.09.